The van der Waals surface area contributed by atoms with Crippen LogP contribution in [0.25, 0.3) is 0 Å². The molecule has 0 atom stereocenters. The third-order valence-corrected chi connectivity index (χ3v) is 7.35. The number of carbonyl (C=O) groups excluding carboxylic acids is 2. The number of aryl methyl sites for hydroxylation is 1. The van der Waals surface area contributed by atoms with Gasteiger partial charge in [0.15, 0.2) is 0 Å². The molecule has 1 fully saturated rings. The summed E-state index contributed by atoms with van der Waals surface area (Å²) in [5, 5.41) is 17.4. The highest BCUT2D eigenvalue weighted by Crippen LogP contribution is 2.32. The second-order valence-electron chi connectivity index (χ2n) is 9.44. The van der Waals surface area contributed by atoms with Crippen LogP contribution in [0.5, 0.6) is 5.88 Å². The molecule has 5 heterocycles. The summed E-state index contributed by atoms with van der Waals surface area (Å²) in [5.74, 6) is 1.30. The van der Waals surface area contributed by atoms with Crippen molar-refractivity contribution in [3.63, 3.8) is 0 Å². The number of urea groups is 1. The standard InChI is InChI=1S/C26H29N9O3S/c1-33-6-7-34(23(36)14-33)13-18-8-17-4-3-5-35(24(17)32-25(18)38-2)26(37)31-22-9-21(19(10-27)11-29-22)28-12-20-15-39-16-30-20/h8-9,11,15-16H,3-7,12-14H2,1-2H3,(H2,28,29,31,37). The molecule has 202 valence electrons. The molecule has 0 bridgehead atoms. The smallest absolute Gasteiger partial charge is 0.328 e. The summed E-state index contributed by atoms with van der Waals surface area (Å²) >= 11 is 1.49. The maximum Gasteiger partial charge on any atom is 0.328 e. The number of methoxy groups -OCH3 is 1. The van der Waals surface area contributed by atoms with Gasteiger partial charge >= 0.3 is 6.03 Å². The number of piperazine rings is 1. The molecule has 3 aromatic heterocycles. The molecule has 0 unspecified atom stereocenters. The van der Waals surface area contributed by atoms with E-state index >= 15 is 0 Å². The summed E-state index contributed by atoms with van der Waals surface area (Å²) in [5.41, 5.74) is 5.26. The van der Waals surface area contributed by atoms with Crippen molar-refractivity contribution in [1.82, 2.24) is 24.8 Å². The molecule has 2 aliphatic rings. The van der Waals surface area contributed by atoms with Crippen molar-refractivity contribution in [3.05, 3.63) is 51.6 Å². The van der Waals surface area contributed by atoms with Crippen LogP contribution in [0, 0.1) is 11.3 Å². The van der Waals surface area contributed by atoms with Gasteiger partial charge in [0.2, 0.25) is 11.8 Å². The predicted octanol–water partition coefficient (Wildman–Crippen LogP) is 2.68. The molecule has 3 amide bonds. The van der Waals surface area contributed by atoms with E-state index in [0.717, 1.165) is 36.2 Å². The molecule has 5 rings (SSSR count). The van der Waals surface area contributed by atoms with Gasteiger partial charge < -0.3 is 15.0 Å². The van der Waals surface area contributed by atoms with Crippen molar-refractivity contribution in [3.8, 4) is 11.9 Å². The minimum atomic E-state index is -0.379. The third kappa shape index (κ3) is 5.92. The number of nitrogens with one attached hydrogen (secondary N) is 2. The Balaban J connectivity index is 1.33. The number of nitrogens with zero attached hydrogens (tertiary/aromatic N) is 7. The summed E-state index contributed by atoms with van der Waals surface area (Å²) in [7, 11) is 3.47. The zero-order valence-corrected chi connectivity index (χ0v) is 22.6. The van der Waals surface area contributed by atoms with Crippen LogP contribution in [0.15, 0.2) is 29.2 Å². The van der Waals surface area contributed by atoms with E-state index in [-0.39, 0.29) is 11.9 Å². The van der Waals surface area contributed by atoms with Crippen LogP contribution in [0.3, 0.4) is 0 Å². The van der Waals surface area contributed by atoms with Crippen LogP contribution in [-0.2, 0) is 24.3 Å². The summed E-state index contributed by atoms with van der Waals surface area (Å²) in [4.78, 5) is 44.5. The third-order valence-electron chi connectivity index (χ3n) is 6.71. The summed E-state index contributed by atoms with van der Waals surface area (Å²) in [6.07, 6.45) is 2.96. The SMILES string of the molecule is COc1nc2c(cc1CN1CCN(C)CC1=O)CCCN2C(=O)Nc1cc(NCc2cscn2)c(C#N)cn1. The molecule has 0 spiro atoms. The van der Waals surface area contributed by atoms with E-state index in [4.69, 9.17) is 9.72 Å². The lowest BCUT2D eigenvalue weighted by Gasteiger charge is -2.33. The molecule has 1 saturated heterocycles. The summed E-state index contributed by atoms with van der Waals surface area (Å²) in [6.45, 7) is 3.18. The van der Waals surface area contributed by atoms with Crippen LogP contribution < -0.4 is 20.3 Å². The molecule has 0 radical (unpaired) electrons. The first-order valence-electron chi connectivity index (χ1n) is 12.6. The molecule has 0 aromatic carbocycles. The van der Waals surface area contributed by atoms with E-state index in [1.807, 2.05) is 28.3 Å². The van der Waals surface area contributed by atoms with Gasteiger partial charge in [-0.1, -0.05) is 0 Å². The average Bonchev–Trinajstić information content (AvgIpc) is 3.46. The van der Waals surface area contributed by atoms with E-state index in [2.05, 4.69) is 26.7 Å². The molecule has 2 aliphatic heterocycles. The number of carbonyl (C=O) groups is 2. The second-order valence-corrected chi connectivity index (χ2v) is 10.2. The number of likely N-dealkylation sites (N-methyl/N-ethyl adjacent to an activating group) is 1. The first-order valence-corrected chi connectivity index (χ1v) is 13.5. The molecular formula is C26H29N9O3S. The molecule has 0 saturated carbocycles. The van der Waals surface area contributed by atoms with Crippen molar-refractivity contribution in [2.45, 2.75) is 25.9 Å². The van der Waals surface area contributed by atoms with Crippen LogP contribution in [0.2, 0.25) is 0 Å². The number of aromatic nitrogens is 3. The van der Waals surface area contributed by atoms with Gasteiger partial charge in [0.05, 0.1) is 49.2 Å². The lowest BCUT2D eigenvalue weighted by Crippen LogP contribution is -2.48. The number of hydrogen-bond donors (Lipinski definition) is 2. The van der Waals surface area contributed by atoms with Gasteiger partial charge in [0.1, 0.15) is 17.7 Å². The fourth-order valence-electron chi connectivity index (χ4n) is 4.66. The Labute approximate surface area is 230 Å². The minimum absolute atomic E-state index is 0.0693. The monoisotopic (exact) mass is 547 g/mol. The Morgan fingerprint density at radius 2 is 2.13 bits per heavy atom. The lowest BCUT2D eigenvalue weighted by atomic mass is 10.0. The fourth-order valence-corrected chi connectivity index (χ4v) is 5.22. The van der Waals surface area contributed by atoms with E-state index in [9.17, 15) is 14.9 Å². The zero-order valence-electron chi connectivity index (χ0n) is 21.8. The molecule has 2 N–H and O–H groups in total. The maximum absolute atomic E-state index is 13.4. The molecule has 39 heavy (non-hydrogen) atoms. The van der Waals surface area contributed by atoms with Crippen molar-refractivity contribution in [1.29, 1.82) is 5.26 Å². The minimum Gasteiger partial charge on any atom is -0.481 e. The van der Waals surface area contributed by atoms with Crippen molar-refractivity contribution in [2.24, 2.45) is 0 Å². The number of ether oxygens (including phenoxy) is 1. The number of anilines is 3. The van der Waals surface area contributed by atoms with Crippen LogP contribution in [0.4, 0.5) is 22.1 Å². The Bertz CT molecular complexity index is 1410. The lowest BCUT2D eigenvalue weighted by molar-refractivity contribution is -0.136. The quantitative estimate of drug-likeness (QED) is 0.457. The Morgan fingerprint density at radius 1 is 1.26 bits per heavy atom. The highest BCUT2D eigenvalue weighted by atomic mass is 32.1. The topological polar surface area (TPSA) is 140 Å². The van der Waals surface area contributed by atoms with E-state index in [1.54, 1.807) is 16.5 Å². The highest BCUT2D eigenvalue weighted by Gasteiger charge is 2.28. The summed E-state index contributed by atoms with van der Waals surface area (Å²) < 4.78 is 5.58. The number of fused-ring (bicyclic) bond motifs is 1. The van der Waals surface area contributed by atoms with Gasteiger partial charge in [-0.15, -0.1) is 11.3 Å². The van der Waals surface area contributed by atoms with Gasteiger partial charge in [-0.3, -0.25) is 19.9 Å². The van der Waals surface area contributed by atoms with Gasteiger partial charge in [-0.25, -0.2) is 14.8 Å². The van der Waals surface area contributed by atoms with Gasteiger partial charge in [0, 0.05) is 42.8 Å². The number of pyridine rings is 2. The fraction of sp³-hybridized carbons (Fsp3) is 0.385. The number of rotatable bonds is 7. The van der Waals surface area contributed by atoms with E-state index < -0.39 is 0 Å². The van der Waals surface area contributed by atoms with Crippen LogP contribution in [-0.4, -0.2) is 77.0 Å². The number of amides is 3. The molecule has 13 heteroatoms. The van der Waals surface area contributed by atoms with Crippen molar-refractivity contribution >= 4 is 40.6 Å². The number of nitriles is 1. The zero-order chi connectivity index (χ0) is 27.4. The first kappa shape index (κ1) is 26.3. The molecule has 0 aliphatic carbocycles. The second kappa shape index (κ2) is 11.6. The van der Waals surface area contributed by atoms with Crippen LogP contribution in [0.1, 0.15) is 28.8 Å². The molecule has 12 nitrogen and oxygen atoms in total. The van der Waals surface area contributed by atoms with Crippen LogP contribution >= 0.6 is 11.3 Å². The molecule has 3 aromatic rings. The average molecular weight is 548 g/mol. The number of thiazole rings is 1. The maximum atomic E-state index is 13.4. The summed E-state index contributed by atoms with van der Waals surface area (Å²) in [6, 6.07) is 5.37. The van der Waals surface area contributed by atoms with Gasteiger partial charge in [-0.2, -0.15) is 10.2 Å². The van der Waals surface area contributed by atoms with Gasteiger partial charge in [-0.05, 0) is 31.5 Å². The van der Waals surface area contributed by atoms with Crippen molar-refractivity contribution in [2.75, 3.05) is 55.9 Å². The van der Waals surface area contributed by atoms with E-state index in [1.165, 1.54) is 24.6 Å². The normalized spacial score (nSPS) is 15.5. The number of hydrogen-bond acceptors (Lipinski definition) is 10. The van der Waals surface area contributed by atoms with E-state index in [0.29, 0.717) is 61.5 Å². The van der Waals surface area contributed by atoms with Gasteiger partial charge in [0.25, 0.3) is 0 Å². The largest absolute Gasteiger partial charge is 0.481 e. The Kier molecular flexibility index (Phi) is 7.85. The van der Waals surface area contributed by atoms with Crippen molar-refractivity contribution < 1.29 is 14.3 Å². The highest BCUT2D eigenvalue weighted by molar-refractivity contribution is 7.07. The predicted molar refractivity (Wildman–Crippen MR) is 147 cm³/mol. The molecular weight excluding hydrogens is 518 g/mol. The Hall–Kier alpha value is -4.28. The Morgan fingerprint density at radius 3 is 2.87 bits per heavy atom. The first-order chi connectivity index (χ1) is 18.9.